The van der Waals surface area contributed by atoms with Crippen molar-refractivity contribution in [3.05, 3.63) is 35.6 Å². The molecule has 3 atom stereocenters. The van der Waals surface area contributed by atoms with Gasteiger partial charge in [0, 0.05) is 5.75 Å². The fourth-order valence-corrected chi connectivity index (χ4v) is 4.90. The highest BCUT2D eigenvalue weighted by Crippen LogP contribution is 2.38. The van der Waals surface area contributed by atoms with Crippen molar-refractivity contribution in [1.82, 2.24) is 15.5 Å². The lowest BCUT2D eigenvalue weighted by molar-refractivity contribution is -0.158. The Kier molecular flexibility index (Phi) is 7.50. The summed E-state index contributed by atoms with van der Waals surface area (Å²) in [6, 6.07) is -1.79. The predicted octanol–water partition coefficient (Wildman–Crippen LogP) is 2.78. The van der Waals surface area contributed by atoms with E-state index >= 15 is 0 Å². The molecule has 1 unspecified atom stereocenters. The lowest BCUT2D eigenvalue weighted by Gasteiger charge is -2.49. The zero-order valence-electron chi connectivity index (χ0n) is 20.5. The second-order valence-electron chi connectivity index (χ2n) is 10.3. The number of allylic oxidation sites excluding steroid dienone is 3. The third kappa shape index (κ3) is 6.22. The fraction of sp³-hybridized carbons (Fsp3) is 0.583. The molecule has 0 bridgehead atoms. The number of nitrogens with zero attached hydrogens (tertiary/aromatic N) is 1. The van der Waals surface area contributed by atoms with Gasteiger partial charge in [0.25, 0.3) is 5.91 Å². The molecule has 1 fully saturated rings. The molecule has 186 valence electrons. The average molecular weight is 492 g/mol. The maximum atomic E-state index is 13.2. The average Bonchev–Trinajstić information content (AvgIpc) is 2.73. The number of rotatable bonds is 5. The number of carbonyl (C=O) groups is 4. The van der Waals surface area contributed by atoms with Crippen molar-refractivity contribution in [3.63, 3.8) is 0 Å². The van der Waals surface area contributed by atoms with Crippen molar-refractivity contribution in [3.8, 4) is 0 Å². The lowest BCUT2D eigenvalue weighted by atomic mass is 9.96. The van der Waals surface area contributed by atoms with Crippen LogP contribution in [0.2, 0.25) is 0 Å². The fourth-order valence-electron chi connectivity index (χ4n) is 3.70. The van der Waals surface area contributed by atoms with Crippen LogP contribution < -0.4 is 10.6 Å². The minimum absolute atomic E-state index is 0.192. The largest absolute Gasteiger partial charge is 0.455 e. The Morgan fingerprint density at radius 3 is 2.32 bits per heavy atom. The quantitative estimate of drug-likeness (QED) is 0.345. The Morgan fingerprint density at radius 1 is 1.06 bits per heavy atom. The summed E-state index contributed by atoms with van der Waals surface area (Å²) >= 11 is 1.44. The molecule has 3 aliphatic rings. The number of ether oxygens (including phenoxy) is 2. The van der Waals surface area contributed by atoms with Crippen molar-refractivity contribution < 1.29 is 28.7 Å². The van der Waals surface area contributed by atoms with Crippen molar-refractivity contribution in [2.24, 2.45) is 0 Å². The minimum atomic E-state index is -0.976. The SMILES string of the molecule is CC(C)(C)OC(=O)NC(C(=O)N[C@@H]1C(=O)N2C(C(=O)OC(C)(C)C)=CCS[C@H]12)C1=CCC=CC1. The summed E-state index contributed by atoms with van der Waals surface area (Å²) in [6.07, 6.45) is 7.88. The Labute approximate surface area is 204 Å². The molecule has 3 amide bonds. The van der Waals surface area contributed by atoms with E-state index in [2.05, 4.69) is 10.6 Å². The molecule has 1 aliphatic carbocycles. The number of carbonyl (C=O) groups excluding carboxylic acids is 4. The van der Waals surface area contributed by atoms with Crippen LogP contribution in [0.3, 0.4) is 0 Å². The van der Waals surface area contributed by atoms with E-state index in [1.54, 1.807) is 47.6 Å². The van der Waals surface area contributed by atoms with Gasteiger partial charge in [-0.2, -0.15) is 0 Å². The number of hydrogen-bond donors (Lipinski definition) is 2. The summed E-state index contributed by atoms with van der Waals surface area (Å²) < 4.78 is 10.8. The molecule has 34 heavy (non-hydrogen) atoms. The molecule has 0 spiro atoms. The van der Waals surface area contributed by atoms with Gasteiger partial charge in [0.2, 0.25) is 5.91 Å². The highest BCUT2D eigenvalue weighted by atomic mass is 32.2. The van der Waals surface area contributed by atoms with Crippen LogP contribution in [-0.4, -0.2) is 63.2 Å². The molecule has 2 N–H and O–H groups in total. The van der Waals surface area contributed by atoms with Gasteiger partial charge in [0.15, 0.2) is 0 Å². The highest BCUT2D eigenvalue weighted by Gasteiger charge is 2.53. The van der Waals surface area contributed by atoms with Crippen LogP contribution in [0.4, 0.5) is 4.79 Å². The first-order chi connectivity index (χ1) is 15.8. The van der Waals surface area contributed by atoms with E-state index < -0.39 is 52.5 Å². The topological polar surface area (TPSA) is 114 Å². The second kappa shape index (κ2) is 9.85. The highest BCUT2D eigenvalue weighted by molar-refractivity contribution is 8.00. The number of fused-ring (bicyclic) bond motifs is 1. The first-order valence-electron chi connectivity index (χ1n) is 11.3. The van der Waals surface area contributed by atoms with E-state index in [0.29, 0.717) is 18.6 Å². The smallest absolute Gasteiger partial charge is 0.408 e. The number of β-lactam (4-membered cyclic amide) rings is 1. The number of alkyl carbamates (subject to hydrolysis) is 1. The first kappa shape index (κ1) is 25.9. The summed E-state index contributed by atoms with van der Waals surface area (Å²) in [6.45, 7) is 10.5. The molecule has 0 saturated carbocycles. The van der Waals surface area contributed by atoms with Crippen LogP contribution in [0.25, 0.3) is 0 Å². The number of hydrogen-bond acceptors (Lipinski definition) is 7. The standard InChI is InChI=1S/C24H33N3O6S/c1-23(2,3)32-21(30)15-12-13-34-20-17(19(29)27(15)20)25-18(28)16(14-10-8-7-9-11-14)26-22(31)33-24(4,5)6/h7-8,11-12,16-17,20H,9-10,13H2,1-6H3,(H,25,28)(H,26,31)/t16?,17-,20-/m1/s1. The van der Waals surface area contributed by atoms with Crippen molar-refractivity contribution in [1.29, 1.82) is 0 Å². The normalized spacial score (nSPS) is 23.0. The zero-order chi connectivity index (χ0) is 25.3. The third-order valence-electron chi connectivity index (χ3n) is 5.08. The summed E-state index contributed by atoms with van der Waals surface area (Å²) in [5.41, 5.74) is -0.500. The van der Waals surface area contributed by atoms with E-state index in [1.807, 2.05) is 18.2 Å². The molecular formula is C24H33N3O6S. The molecule has 10 heteroatoms. The third-order valence-corrected chi connectivity index (χ3v) is 6.27. The Morgan fingerprint density at radius 2 is 1.74 bits per heavy atom. The summed E-state index contributed by atoms with van der Waals surface area (Å²) in [4.78, 5) is 52.5. The second-order valence-corrected chi connectivity index (χ2v) is 11.4. The summed E-state index contributed by atoms with van der Waals surface area (Å²) in [5.74, 6) is -0.958. The molecule has 3 rings (SSSR count). The summed E-state index contributed by atoms with van der Waals surface area (Å²) in [7, 11) is 0. The number of esters is 1. The molecule has 0 aromatic heterocycles. The molecule has 0 radical (unpaired) electrons. The minimum Gasteiger partial charge on any atom is -0.455 e. The monoisotopic (exact) mass is 491 g/mol. The van der Waals surface area contributed by atoms with Crippen LogP contribution in [0.5, 0.6) is 0 Å². The van der Waals surface area contributed by atoms with Gasteiger partial charge in [-0.3, -0.25) is 14.5 Å². The van der Waals surface area contributed by atoms with Gasteiger partial charge in [0.1, 0.15) is 34.4 Å². The molecule has 2 aliphatic heterocycles. The van der Waals surface area contributed by atoms with E-state index in [-0.39, 0.29) is 5.70 Å². The van der Waals surface area contributed by atoms with Gasteiger partial charge in [-0.25, -0.2) is 9.59 Å². The Hall–Kier alpha value is -2.75. The van der Waals surface area contributed by atoms with Crippen molar-refractivity contribution >= 4 is 35.6 Å². The van der Waals surface area contributed by atoms with E-state index in [4.69, 9.17) is 9.47 Å². The van der Waals surface area contributed by atoms with Crippen LogP contribution >= 0.6 is 11.8 Å². The molecule has 9 nitrogen and oxygen atoms in total. The molecule has 1 saturated heterocycles. The molecule has 2 heterocycles. The van der Waals surface area contributed by atoms with Gasteiger partial charge in [-0.15, -0.1) is 11.8 Å². The van der Waals surface area contributed by atoms with Gasteiger partial charge in [0.05, 0.1) is 0 Å². The number of thioether (sulfide) groups is 1. The zero-order valence-corrected chi connectivity index (χ0v) is 21.3. The maximum Gasteiger partial charge on any atom is 0.408 e. The van der Waals surface area contributed by atoms with Gasteiger partial charge < -0.3 is 20.1 Å². The van der Waals surface area contributed by atoms with Crippen molar-refractivity contribution in [2.45, 2.75) is 83.0 Å². The van der Waals surface area contributed by atoms with Gasteiger partial charge in [-0.05, 0) is 66.0 Å². The lowest BCUT2D eigenvalue weighted by Crippen LogP contribution is -2.71. The van der Waals surface area contributed by atoms with E-state index in [1.165, 1.54) is 16.7 Å². The van der Waals surface area contributed by atoms with Crippen LogP contribution in [-0.2, 0) is 23.9 Å². The summed E-state index contributed by atoms with van der Waals surface area (Å²) in [5, 5.41) is 4.99. The van der Waals surface area contributed by atoms with Crippen LogP contribution in [0.15, 0.2) is 35.6 Å². The van der Waals surface area contributed by atoms with E-state index in [0.717, 1.165) is 5.57 Å². The molecular weight excluding hydrogens is 458 g/mol. The maximum absolute atomic E-state index is 13.2. The van der Waals surface area contributed by atoms with Crippen LogP contribution in [0.1, 0.15) is 54.4 Å². The Balaban J connectivity index is 1.71. The first-order valence-corrected chi connectivity index (χ1v) is 12.3. The number of nitrogens with one attached hydrogen (secondary N) is 2. The number of amides is 3. The molecule has 0 aromatic rings. The molecule has 0 aromatic carbocycles. The predicted molar refractivity (Wildman–Crippen MR) is 129 cm³/mol. The van der Waals surface area contributed by atoms with Gasteiger partial charge in [-0.1, -0.05) is 18.2 Å². The van der Waals surface area contributed by atoms with Crippen molar-refractivity contribution in [2.75, 3.05) is 5.75 Å². The Bertz CT molecular complexity index is 957. The van der Waals surface area contributed by atoms with Crippen LogP contribution in [0, 0.1) is 0 Å². The van der Waals surface area contributed by atoms with Gasteiger partial charge >= 0.3 is 12.1 Å². The van der Waals surface area contributed by atoms with E-state index in [9.17, 15) is 19.2 Å².